The third-order valence-electron chi connectivity index (χ3n) is 17.6. The van der Waals surface area contributed by atoms with Gasteiger partial charge in [-0.1, -0.05) is 103 Å². The molecule has 0 saturated heterocycles. The van der Waals surface area contributed by atoms with E-state index in [9.17, 15) is 92.3 Å². The van der Waals surface area contributed by atoms with E-state index in [0.717, 1.165) is 126 Å². The molecular formula is C79H59F12N5O12S6. The van der Waals surface area contributed by atoms with E-state index >= 15 is 0 Å². The molecule has 0 spiro atoms. The first-order valence-corrected chi connectivity index (χ1v) is 40.1. The fourth-order valence-corrected chi connectivity index (χ4v) is 20.5. The largest absolute Gasteiger partial charge is 0.478 e. The smallest absolute Gasteiger partial charge is 0.419 e. The van der Waals surface area contributed by atoms with Gasteiger partial charge in [0.15, 0.2) is 0 Å². The quantitative estimate of drug-likeness (QED) is 0.0299. The number of thiophene rings is 3. The van der Waals surface area contributed by atoms with Crippen LogP contribution in [0.15, 0.2) is 245 Å². The Morgan fingerprint density at radius 2 is 0.675 bits per heavy atom. The average Bonchev–Trinajstić information content (AvgIpc) is 1.66. The van der Waals surface area contributed by atoms with Crippen LogP contribution in [0.3, 0.4) is 0 Å². The second kappa shape index (κ2) is 33.9. The number of sulfonamides is 3. The van der Waals surface area contributed by atoms with Crippen molar-refractivity contribution in [2.24, 2.45) is 0 Å². The van der Waals surface area contributed by atoms with Crippen LogP contribution in [0.1, 0.15) is 86.7 Å². The number of nitrogens with one attached hydrogen (secondary N) is 2. The Morgan fingerprint density at radius 1 is 0.386 bits per heavy atom. The number of hydrogen-bond donors (Lipinski definition) is 4. The highest BCUT2D eigenvalue weighted by Crippen LogP contribution is 2.46. The van der Waals surface area contributed by atoms with Crippen molar-refractivity contribution in [3.05, 3.63) is 320 Å². The molecule has 0 aliphatic rings. The molecule has 2 amide bonds. The minimum absolute atomic E-state index is 0.00519. The molecule has 0 saturated carbocycles. The Morgan fingerprint density at radius 3 is 0.965 bits per heavy atom. The minimum atomic E-state index is -4.96. The van der Waals surface area contributed by atoms with Crippen LogP contribution in [0, 0.1) is 38.2 Å². The van der Waals surface area contributed by atoms with Crippen LogP contribution >= 0.6 is 34.0 Å². The Bertz CT molecular complexity index is 6130. The summed E-state index contributed by atoms with van der Waals surface area (Å²) in [5.41, 5.74) is 1.76. The van der Waals surface area contributed by atoms with Gasteiger partial charge < -0.3 is 5.11 Å². The number of anilines is 3. The summed E-state index contributed by atoms with van der Waals surface area (Å²) in [4.78, 5) is 39.9. The number of amides is 2. The first kappa shape index (κ1) is 83.7. The topological polar surface area (TPSA) is 237 Å². The predicted molar refractivity (Wildman–Crippen MR) is 408 cm³/mol. The SMILES string of the molecule is Cc1c(N(Cc2ccc(F)c(C(F)(F)F)c2)S(=O)(=O)c2ccc(C(=O)NO)cc2)sc2ccccc12.Cc1c(N(Cc2ccc(F)c(C(F)(F)F)c2)S(=O)(=O)c2ccc(C(=O)NOCc3ccccc3)cc2)sc2ccccc12.Cc1c(N(Cc2ccc(F)c(C(F)(F)F)c2)S(=O)(=O)c2ccc(C(=O)O)cc2)sc2ccccc12. The molecule has 17 nitrogen and oxygen atoms in total. The van der Waals surface area contributed by atoms with Gasteiger partial charge in [0.25, 0.3) is 41.9 Å². The maximum absolute atomic E-state index is 14.0. The van der Waals surface area contributed by atoms with Crippen molar-refractivity contribution in [3.63, 3.8) is 0 Å². The molecule has 10 aromatic carbocycles. The molecular weight excluding hydrogens is 1630 g/mol. The second-order valence-electron chi connectivity index (χ2n) is 25.1. The van der Waals surface area contributed by atoms with Crippen molar-refractivity contribution in [3.8, 4) is 0 Å². The van der Waals surface area contributed by atoms with Gasteiger partial charge in [0.2, 0.25) is 0 Å². The highest BCUT2D eigenvalue weighted by molar-refractivity contribution is 7.93. The number of benzene rings is 10. The number of aryl methyl sites for hydroxylation is 3. The van der Waals surface area contributed by atoms with Crippen LogP contribution in [0.25, 0.3) is 30.3 Å². The summed E-state index contributed by atoms with van der Waals surface area (Å²) >= 11 is 3.47. The van der Waals surface area contributed by atoms with Gasteiger partial charge in [-0.15, -0.1) is 34.0 Å². The first-order valence-electron chi connectivity index (χ1n) is 33.3. The molecule has 3 aromatic heterocycles. The van der Waals surface area contributed by atoms with E-state index in [-0.39, 0.29) is 64.7 Å². The van der Waals surface area contributed by atoms with Crippen molar-refractivity contribution in [1.29, 1.82) is 0 Å². The van der Waals surface area contributed by atoms with Gasteiger partial charge >= 0.3 is 24.5 Å². The lowest BCUT2D eigenvalue weighted by Crippen LogP contribution is -2.31. The monoisotopic (exact) mass is 1690 g/mol. The van der Waals surface area contributed by atoms with Crippen molar-refractivity contribution in [2.45, 2.75) is 80.2 Å². The summed E-state index contributed by atoms with van der Waals surface area (Å²) in [7, 11) is -13.1. The number of carbonyl (C=O) groups is 3. The van der Waals surface area contributed by atoms with E-state index < -0.39 is 120 Å². The van der Waals surface area contributed by atoms with Crippen molar-refractivity contribution < 1.29 is 107 Å². The number of carboxylic acids is 1. The Hall–Kier alpha value is -11.2. The average molecular weight is 1690 g/mol. The number of fused-ring (bicyclic) bond motifs is 3. The molecule has 0 unspecified atom stereocenters. The van der Waals surface area contributed by atoms with Crippen LogP contribution in [0.4, 0.5) is 67.7 Å². The molecule has 0 atom stereocenters. The maximum Gasteiger partial charge on any atom is 0.419 e. The lowest BCUT2D eigenvalue weighted by atomic mass is 10.1. The van der Waals surface area contributed by atoms with Crippen LogP contribution in [-0.4, -0.2) is 53.4 Å². The van der Waals surface area contributed by atoms with Gasteiger partial charge in [0.05, 0.1) is 63.2 Å². The Kier molecular flexibility index (Phi) is 24.9. The van der Waals surface area contributed by atoms with Gasteiger partial charge in [-0.2, -0.15) is 39.5 Å². The van der Waals surface area contributed by atoms with Gasteiger partial charge in [-0.05, 0) is 203 Å². The fraction of sp³-hybridized carbons (Fsp3) is 0.127. The van der Waals surface area contributed by atoms with E-state index in [4.69, 9.17) is 15.2 Å². The van der Waals surface area contributed by atoms with Crippen molar-refractivity contribution in [1.82, 2.24) is 11.0 Å². The molecule has 13 aromatic rings. The molecule has 0 radical (unpaired) electrons. The summed E-state index contributed by atoms with van der Waals surface area (Å²) in [5.74, 6) is -7.05. The zero-order chi connectivity index (χ0) is 82.6. The standard InChI is InChI=1S/C31H24F4N2O4S2.C24H18F4N2O4S2.C24H17F4NO4S2/c1-20-25-9-5-6-10-28(25)42-30(20)37(18-22-11-16-27(32)26(17-22)31(33,34)35)43(39,40)24-14-12-23(13-15-24)29(38)36-41-19-21-7-3-2-4-8-21;1-14-18-4-2-3-5-21(18)35-23(14)30(13-15-6-11-20(25)19(12-15)24(26,27)28)36(33,34)17-9-7-16(8-10-17)22(31)29-32;1-14-18-4-2-3-5-21(18)34-22(14)29(13-15-6-11-20(25)19(12-15)24(26,27)28)35(32,33)17-9-7-16(8-10-17)23(30)31/h2-17H,18-19H2,1H3,(H,36,38);2-12,32H,13H2,1H3,(H,29,31);2-12H,13H2,1H3,(H,30,31). The van der Waals surface area contributed by atoms with Crippen LogP contribution in [-0.2, 0) is 79.7 Å². The Labute approximate surface area is 654 Å². The molecule has 13 rings (SSSR count). The predicted octanol–water partition coefficient (Wildman–Crippen LogP) is 20.0. The third-order valence-corrected chi connectivity index (χ3v) is 27.1. The molecule has 114 heavy (non-hydrogen) atoms. The summed E-state index contributed by atoms with van der Waals surface area (Å²) < 4.78 is 250. The zero-order valence-corrected chi connectivity index (χ0v) is 64.0. The van der Waals surface area contributed by atoms with Crippen molar-refractivity contribution in [2.75, 3.05) is 12.9 Å². The van der Waals surface area contributed by atoms with E-state index in [2.05, 4.69) is 5.48 Å². The molecule has 0 aliphatic heterocycles. The number of carboxylic acid groups (broad SMARTS) is 1. The fourth-order valence-electron chi connectivity index (χ4n) is 11.7. The lowest BCUT2D eigenvalue weighted by molar-refractivity contribution is -0.140. The van der Waals surface area contributed by atoms with E-state index in [1.54, 1.807) is 81.4 Å². The lowest BCUT2D eigenvalue weighted by Gasteiger charge is -2.25. The molecule has 0 bridgehead atoms. The number of alkyl halides is 9. The van der Waals surface area contributed by atoms with Crippen LogP contribution in [0.5, 0.6) is 0 Å². The number of nitrogens with zero attached hydrogens (tertiary/aromatic N) is 3. The number of carbonyl (C=O) groups excluding carboxylic acids is 2. The van der Waals surface area contributed by atoms with Gasteiger partial charge in [0.1, 0.15) is 32.5 Å². The highest BCUT2D eigenvalue weighted by Gasteiger charge is 2.39. The number of halogens is 12. The number of hydroxylamine groups is 2. The Balaban J connectivity index is 0.000000170. The van der Waals surface area contributed by atoms with Crippen LogP contribution < -0.4 is 23.9 Å². The molecule has 3 heterocycles. The van der Waals surface area contributed by atoms with Gasteiger partial charge in [-0.25, -0.2) is 54.2 Å². The molecule has 592 valence electrons. The molecule has 35 heteroatoms. The maximum atomic E-state index is 14.0. The number of hydrogen-bond acceptors (Lipinski definition) is 14. The summed E-state index contributed by atoms with van der Waals surface area (Å²) in [6.45, 7) is 3.77. The van der Waals surface area contributed by atoms with E-state index in [1.165, 1.54) is 53.2 Å². The zero-order valence-electron chi connectivity index (χ0n) is 59.1. The number of aromatic carboxylic acids is 1. The van der Waals surface area contributed by atoms with Gasteiger partial charge in [-0.3, -0.25) is 32.5 Å². The third kappa shape index (κ3) is 18.5. The van der Waals surface area contributed by atoms with E-state index in [0.29, 0.717) is 58.1 Å². The molecule has 4 N–H and O–H groups in total. The number of rotatable bonds is 21. The highest BCUT2D eigenvalue weighted by atomic mass is 32.2. The normalized spacial score (nSPS) is 12.0. The minimum Gasteiger partial charge on any atom is -0.478 e. The van der Waals surface area contributed by atoms with E-state index in [1.807, 2.05) is 42.5 Å². The summed E-state index contributed by atoms with van der Waals surface area (Å²) in [5, 5.41) is 21.1. The summed E-state index contributed by atoms with van der Waals surface area (Å²) in [6.07, 6.45) is -14.9. The van der Waals surface area contributed by atoms with Gasteiger partial charge in [0, 0.05) is 25.2 Å². The second-order valence-corrected chi connectivity index (χ2v) is 33.8. The van der Waals surface area contributed by atoms with Crippen LogP contribution in [0.2, 0.25) is 0 Å². The summed E-state index contributed by atoms with van der Waals surface area (Å²) in [6, 6.07) is 52.1. The molecule has 0 fully saturated rings. The molecule has 0 aliphatic carbocycles. The first-order chi connectivity index (χ1) is 53.8. The van der Waals surface area contributed by atoms with Crippen molar-refractivity contribution >= 4 is 127 Å².